The molecule has 3 atom stereocenters. The van der Waals surface area contributed by atoms with Crippen LogP contribution in [-0.4, -0.2) is 41.6 Å². The number of carboxylic acid groups (broad SMARTS) is 1. The lowest BCUT2D eigenvalue weighted by atomic mass is 9.95. The zero-order valence-electron chi connectivity index (χ0n) is 15.9. The Kier molecular flexibility index (Phi) is 9.08. The second-order valence-electron chi connectivity index (χ2n) is 6.95. The van der Waals surface area contributed by atoms with Gasteiger partial charge in [-0.1, -0.05) is 36.4 Å². The number of aliphatic hydroxyl groups excluding tert-OH is 1. The number of rotatable bonds is 11. The van der Waals surface area contributed by atoms with Crippen LogP contribution in [0.15, 0.2) is 48.6 Å². The highest BCUT2D eigenvalue weighted by atomic mass is 16.5. The van der Waals surface area contributed by atoms with Gasteiger partial charge in [-0.15, -0.1) is 0 Å². The molecule has 0 bridgehead atoms. The summed E-state index contributed by atoms with van der Waals surface area (Å²) in [6.45, 7) is 2.95. The number of ether oxygens (including phenoxy) is 2. The van der Waals surface area contributed by atoms with E-state index in [1.54, 1.807) is 6.08 Å². The third-order valence-corrected chi connectivity index (χ3v) is 4.59. The lowest BCUT2D eigenvalue weighted by molar-refractivity contribution is -0.136. The molecule has 1 heterocycles. The van der Waals surface area contributed by atoms with E-state index >= 15 is 0 Å². The molecule has 27 heavy (non-hydrogen) atoms. The predicted octanol–water partition coefficient (Wildman–Crippen LogP) is 3.90. The molecule has 1 fully saturated rings. The number of benzene rings is 1. The van der Waals surface area contributed by atoms with E-state index in [1.807, 2.05) is 49.4 Å². The van der Waals surface area contributed by atoms with E-state index in [0.29, 0.717) is 12.3 Å². The van der Waals surface area contributed by atoms with Gasteiger partial charge in [-0.3, -0.25) is 4.79 Å². The summed E-state index contributed by atoms with van der Waals surface area (Å²) in [7, 11) is 0. The van der Waals surface area contributed by atoms with Crippen LogP contribution in [0.4, 0.5) is 0 Å². The summed E-state index contributed by atoms with van der Waals surface area (Å²) in [5.74, 6) is 0.418. The van der Waals surface area contributed by atoms with Crippen molar-refractivity contribution < 1.29 is 24.5 Å². The zero-order chi connectivity index (χ0) is 19.5. The summed E-state index contributed by atoms with van der Waals surface area (Å²) in [5, 5.41) is 18.7. The van der Waals surface area contributed by atoms with E-state index in [-0.39, 0.29) is 19.1 Å². The van der Waals surface area contributed by atoms with Gasteiger partial charge in [-0.05, 0) is 56.2 Å². The first kappa shape index (κ1) is 21.2. The van der Waals surface area contributed by atoms with Crippen molar-refractivity contribution in [3.05, 3.63) is 54.1 Å². The van der Waals surface area contributed by atoms with Crippen LogP contribution in [-0.2, 0) is 9.53 Å². The third kappa shape index (κ3) is 8.41. The van der Waals surface area contributed by atoms with Gasteiger partial charge in [0.15, 0.2) is 0 Å². The van der Waals surface area contributed by atoms with Crippen molar-refractivity contribution in [2.24, 2.45) is 5.92 Å². The van der Waals surface area contributed by atoms with E-state index in [0.717, 1.165) is 37.2 Å². The number of carbonyl (C=O) groups is 1. The van der Waals surface area contributed by atoms with Gasteiger partial charge in [0, 0.05) is 13.0 Å². The minimum atomic E-state index is -0.765. The molecule has 1 aliphatic heterocycles. The van der Waals surface area contributed by atoms with Crippen molar-refractivity contribution in [1.82, 2.24) is 0 Å². The summed E-state index contributed by atoms with van der Waals surface area (Å²) in [4.78, 5) is 10.5. The van der Waals surface area contributed by atoms with Gasteiger partial charge in [-0.2, -0.15) is 0 Å². The number of carboxylic acids is 1. The van der Waals surface area contributed by atoms with Crippen molar-refractivity contribution in [1.29, 1.82) is 0 Å². The minimum Gasteiger partial charge on any atom is -0.491 e. The molecular formula is C22H30O5. The topological polar surface area (TPSA) is 76.0 Å². The Morgan fingerprint density at radius 3 is 2.96 bits per heavy atom. The molecule has 2 rings (SSSR count). The molecule has 0 aliphatic carbocycles. The second kappa shape index (κ2) is 11.6. The molecule has 1 aromatic rings. The summed E-state index contributed by atoms with van der Waals surface area (Å²) >= 11 is 0. The Morgan fingerprint density at radius 1 is 1.37 bits per heavy atom. The monoisotopic (exact) mass is 374 g/mol. The van der Waals surface area contributed by atoms with Crippen LogP contribution in [0.25, 0.3) is 0 Å². The molecule has 0 spiro atoms. The molecule has 0 saturated carbocycles. The smallest absolute Gasteiger partial charge is 0.303 e. The van der Waals surface area contributed by atoms with Crippen LogP contribution in [0.2, 0.25) is 0 Å². The zero-order valence-corrected chi connectivity index (χ0v) is 15.9. The van der Waals surface area contributed by atoms with E-state index in [9.17, 15) is 9.90 Å². The van der Waals surface area contributed by atoms with Crippen molar-refractivity contribution in [2.45, 2.75) is 51.2 Å². The first-order chi connectivity index (χ1) is 13.0. The lowest BCUT2D eigenvalue weighted by Crippen LogP contribution is -2.18. The Labute approximate surface area is 161 Å². The Bertz CT molecular complexity index is 637. The van der Waals surface area contributed by atoms with Gasteiger partial charge in [0.2, 0.25) is 0 Å². The highest BCUT2D eigenvalue weighted by Crippen LogP contribution is 2.26. The number of allylic oxidation sites excluding steroid dienone is 2. The maximum Gasteiger partial charge on any atom is 0.303 e. The molecule has 0 amide bonds. The van der Waals surface area contributed by atoms with Crippen molar-refractivity contribution in [2.75, 3.05) is 13.2 Å². The molecule has 2 unspecified atom stereocenters. The molecule has 0 radical (unpaired) electrons. The van der Waals surface area contributed by atoms with Gasteiger partial charge in [0.05, 0.1) is 6.10 Å². The summed E-state index contributed by atoms with van der Waals surface area (Å²) in [6.07, 6.45) is 10.7. The average molecular weight is 374 g/mol. The van der Waals surface area contributed by atoms with Crippen LogP contribution in [0.5, 0.6) is 5.75 Å². The van der Waals surface area contributed by atoms with Crippen LogP contribution >= 0.6 is 0 Å². The van der Waals surface area contributed by atoms with Gasteiger partial charge in [0.25, 0.3) is 0 Å². The fourth-order valence-electron chi connectivity index (χ4n) is 3.11. The van der Waals surface area contributed by atoms with Crippen molar-refractivity contribution in [3.8, 4) is 5.75 Å². The van der Waals surface area contributed by atoms with Crippen LogP contribution < -0.4 is 4.74 Å². The molecule has 148 valence electrons. The van der Waals surface area contributed by atoms with Gasteiger partial charge in [-0.25, -0.2) is 0 Å². The van der Waals surface area contributed by atoms with Gasteiger partial charge in [0.1, 0.15) is 18.5 Å². The SMILES string of the molecule is Cc1cccc(OCC(O)/C=C/C2OCC[C@@H]2CC/C=C\CCC(=O)O)c1. The number of aliphatic carboxylic acids is 1. The summed E-state index contributed by atoms with van der Waals surface area (Å²) in [5.41, 5.74) is 1.12. The van der Waals surface area contributed by atoms with Gasteiger partial charge < -0.3 is 19.7 Å². The van der Waals surface area contributed by atoms with E-state index in [4.69, 9.17) is 14.6 Å². The Morgan fingerprint density at radius 2 is 2.19 bits per heavy atom. The van der Waals surface area contributed by atoms with Crippen LogP contribution in [0.3, 0.4) is 0 Å². The van der Waals surface area contributed by atoms with Gasteiger partial charge >= 0.3 is 5.97 Å². The van der Waals surface area contributed by atoms with Crippen molar-refractivity contribution >= 4 is 5.97 Å². The molecule has 1 aromatic carbocycles. The average Bonchev–Trinajstić information content (AvgIpc) is 3.08. The van der Waals surface area contributed by atoms with Crippen molar-refractivity contribution in [3.63, 3.8) is 0 Å². The van der Waals surface area contributed by atoms with E-state index in [2.05, 4.69) is 0 Å². The molecule has 5 nitrogen and oxygen atoms in total. The standard InChI is InChI=1S/C22H30O5/c1-17-7-6-9-20(15-17)27-16-19(23)11-12-21-18(13-14-26-21)8-4-2-3-5-10-22(24)25/h2-3,6-7,9,11-12,15,18-19,21,23H,4-5,8,10,13-14,16H2,1H3,(H,24,25)/b3-2-,12-11+/t18-,19?,21?/m0/s1. The fraction of sp³-hybridized carbons (Fsp3) is 0.500. The molecule has 2 N–H and O–H groups in total. The Balaban J connectivity index is 1.70. The number of aliphatic hydroxyl groups is 1. The Hall–Kier alpha value is -2.11. The maximum absolute atomic E-state index is 10.5. The highest BCUT2D eigenvalue weighted by molar-refractivity contribution is 5.66. The molecular weight excluding hydrogens is 344 g/mol. The minimum absolute atomic E-state index is 0.0195. The van der Waals surface area contributed by atoms with E-state index < -0.39 is 12.1 Å². The molecule has 5 heteroatoms. The molecule has 1 aliphatic rings. The second-order valence-corrected chi connectivity index (χ2v) is 6.95. The normalized spacial score (nSPS) is 21.1. The lowest BCUT2D eigenvalue weighted by Gasteiger charge is -2.15. The largest absolute Gasteiger partial charge is 0.491 e. The quantitative estimate of drug-likeness (QED) is 0.575. The predicted molar refractivity (Wildman–Crippen MR) is 105 cm³/mol. The van der Waals surface area contributed by atoms with E-state index in [1.165, 1.54) is 0 Å². The van der Waals surface area contributed by atoms with Crippen LogP contribution in [0.1, 0.15) is 37.7 Å². The first-order valence-corrected chi connectivity index (χ1v) is 9.59. The maximum atomic E-state index is 10.5. The number of hydrogen-bond acceptors (Lipinski definition) is 4. The summed E-state index contributed by atoms with van der Waals surface area (Å²) in [6, 6.07) is 7.75. The number of hydrogen-bond donors (Lipinski definition) is 2. The fourth-order valence-corrected chi connectivity index (χ4v) is 3.11. The molecule has 0 aromatic heterocycles. The van der Waals surface area contributed by atoms with Crippen LogP contribution in [0, 0.1) is 12.8 Å². The highest BCUT2D eigenvalue weighted by Gasteiger charge is 2.25. The first-order valence-electron chi connectivity index (χ1n) is 9.59. The third-order valence-electron chi connectivity index (χ3n) is 4.59. The summed E-state index contributed by atoms with van der Waals surface area (Å²) < 4.78 is 11.4. The number of aryl methyl sites for hydroxylation is 1. The molecule has 1 saturated heterocycles.